The monoisotopic (exact) mass is 170 g/mol. The van der Waals surface area contributed by atoms with Crippen LogP contribution in [0.25, 0.3) is 0 Å². The summed E-state index contributed by atoms with van der Waals surface area (Å²) in [6, 6.07) is 0. The summed E-state index contributed by atoms with van der Waals surface area (Å²) < 4.78 is 0. The largest absolute Gasteiger partial charge is 0.385 e. The van der Waals surface area contributed by atoms with Crippen LogP contribution in [0.5, 0.6) is 0 Å². The van der Waals surface area contributed by atoms with Crippen molar-refractivity contribution in [2.75, 3.05) is 13.6 Å². The topological polar surface area (TPSA) is 73.8 Å². The summed E-state index contributed by atoms with van der Waals surface area (Å²) in [4.78, 5) is 0. The van der Waals surface area contributed by atoms with Gasteiger partial charge in [-0.3, -0.25) is 0 Å². The number of aromatic amines is 1. The lowest BCUT2D eigenvalue weighted by Gasteiger charge is -2.06. The number of aryl methyl sites for hydroxylation is 1. The first-order valence-electron chi connectivity index (χ1n) is 4.01. The van der Waals surface area contributed by atoms with Crippen LogP contribution in [-0.4, -0.2) is 34.1 Å². The van der Waals surface area contributed by atoms with E-state index in [4.69, 9.17) is 0 Å². The molecule has 0 saturated heterocycles. The lowest BCUT2D eigenvalue weighted by atomic mass is 10.2. The van der Waals surface area contributed by atoms with Gasteiger partial charge >= 0.3 is 0 Å². The Labute approximate surface area is 71.2 Å². The average molecular weight is 170 g/mol. The van der Waals surface area contributed by atoms with Crippen LogP contribution in [0.4, 0.5) is 0 Å². The summed E-state index contributed by atoms with van der Waals surface area (Å²) in [5.41, 5.74) is 1.48. The molecule has 1 aromatic rings. The Hall–Kier alpha value is -0.940. The number of hydrogen-bond donors (Lipinski definition) is 3. The number of aliphatic hydroxyl groups is 1. The van der Waals surface area contributed by atoms with Gasteiger partial charge in [0.15, 0.2) is 0 Å². The second kappa shape index (κ2) is 4.18. The minimum atomic E-state index is -0.566. The number of H-pyrrole nitrogens is 1. The Kier molecular flexibility index (Phi) is 3.19. The first kappa shape index (κ1) is 9.15. The Morgan fingerprint density at radius 3 is 2.92 bits per heavy atom. The molecule has 0 bridgehead atoms. The summed E-state index contributed by atoms with van der Waals surface area (Å²) in [6.07, 6.45) is 0.218. The molecule has 0 aliphatic carbocycles. The van der Waals surface area contributed by atoms with Gasteiger partial charge in [0.25, 0.3) is 0 Å². The lowest BCUT2D eigenvalue weighted by Crippen LogP contribution is -2.18. The molecule has 0 spiro atoms. The van der Waals surface area contributed by atoms with E-state index in [1.54, 1.807) is 7.05 Å². The van der Waals surface area contributed by atoms with Gasteiger partial charge in [-0.05, 0) is 13.5 Å². The van der Waals surface area contributed by atoms with Crippen LogP contribution in [-0.2, 0) is 6.42 Å². The Morgan fingerprint density at radius 1 is 1.58 bits per heavy atom. The molecule has 5 heteroatoms. The van der Waals surface area contributed by atoms with Crippen LogP contribution >= 0.6 is 0 Å². The van der Waals surface area contributed by atoms with Crippen LogP contribution in [0.15, 0.2) is 0 Å². The second-order valence-corrected chi connectivity index (χ2v) is 2.58. The average Bonchev–Trinajstić information content (AvgIpc) is 2.51. The van der Waals surface area contributed by atoms with Crippen molar-refractivity contribution < 1.29 is 5.11 Å². The second-order valence-electron chi connectivity index (χ2n) is 2.58. The quantitative estimate of drug-likeness (QED) is 0.576. The van der Waals surface area contributed by atoms with Gasteiger partial charge in [-0.25, -0.2) is 0 Å². The lowest BCUT2D eigenvalue weighted by molar-refractivity contribution is 0.172. The zero-order chi connectivity index (χ0) is 8.97. The van der Waals surface area contributed by atoms with Crippen molar-refractivity contribution in [1.29, 1.82) is 0 Å². The van der Waals surface area contributed by atoms with Gasteiger partial charge in [0.1, 0.15) is 11.8 Å². The van der Waals surface area contributed by atoms with E-state index < -0.39 is 6.10 Å². The van der Waals surface area contributed by atoms with Crippen molar-refractivity contribution in [3.8, 4) is 0 Å². The summed E-state index contributed by atoms with van der Waals surface area (Å²) in [6.45, 7) is 2.48. The van der Waals surface area contributed by atoms with Crippen LogP contribution in [0.3, 0.4) is 0 Å². The SMILES string of the molecule is CCc1n[nH]nc1C(O)CNC. The van der Waals surface area contributed by atoms with Gasteiger partial charge in [-0.1, -0.05) is 6.92 Å². The van der Waals surface area contributed by atoms with E-state index in [2.05, 4.69) is 20.7 Å². The van der Waals surface area contributed by atoms with Crippen LogP contribution < -0.4 is 5.32 Å². The highest BCUT2D eigenvalue weighted by Crippen LogP contribution is 2.11. The number of nitrogens with zero attached hydrogens (tertiary/aromatic N) is 2. The van der Waals surface area contributed by atoms with E-state index in [0.717, 1.165) is 12.1 Å². The van der Waals surface area contributed by atoms with E-state index in [-0.39, 0.29) is 0 Å². The molecule has 0 aromatic carbocycles. The molecule has 1 heterocycles. The number of nitrogens with one attached hydrogen (secondary N) is 2. The first-order chi connectivity index (χ1) is 5.79. The maximum Gasteiger partial charge on any atom is 0.115 e. The van der Waals surface area contributed by atoms with Crippen LogP contribution in [0.2, 0.25) is 0 Å². The highest BCUT2D eigenvalue weighted by molar-refractivity contribution is 5.11. The Balaban J connectivity index is 2.71. The number of likely N-dealkylation sites (N-methyl/N-ethyl adjacent to an activating group) is 1. The first-order valence-corrected chi connectivity index (χ1v) is 4.01. The fourth-order valence-electron chi connectivity index (χ4n) is 1.08. The van der Waals surface area contributed by atoms with Gasteiger partial charge in [0, 0.05) is 6.54 Å². The summed E-state index contributed by atoms with van der Waals surface area (Å²) in [5, 5.41) is 22.7. The van der Waals surface area contributed by atoms with Crippen molar-refractivity contribution in [1.82, 2.24) is 20.7 Å². The summed E-state index contributed by atoms with van der Waals surface area (Å²) >= 11 is 0. The molecule has 1 aromatic heterocycles. The maximum atomic E-state index is 9.54. The van der Waals surface area contributed by atoms with Gasteiger partial charge in [0.05, 0.1) is 5.69 Å². The van der Waals surface area contributed by atoms with Crippen LogP contribution in [0.1, 0.15) is 24.4 Å². The third kappa shape index (κ3) is 1.80. The van der Waals surface area contributed by atoms with E-state index in [0.29, 0.717) is 12.2 Å². The maximum absolute atomic E-state index is 9.54. The van der Waals surface area contributed by atoms with Crippen molar-refractivity contribution in [2.24, 2.45) is 0 Å². The fourth-order valence-corrected chi connectivity index (χ4v) is 1.08. The molecule has 1 unspecified atom stereocenters. The third-order valence-corrected chi connectivity index (χ3v) is 1.70. The molecule has 5 nitrogen and oxygen atoms in total. The smallest absolute Gasteiger partial charge is 0.115 e. The normalized spacial score (nSPS) is 13.2. The predicted octanol–water partition coefficient (Wildman–Crippen LogP) is -0.380. The molecule has 0 radical (unpaired) electrons. The molecule has 68 valence electrons. The zero-order valence-corrected chi connectivity index (χ0v) is 7.33. The number of rotatable bonds is 4. The standard InChI is InChI=1S/C7H14N4O/c1-3-5-7(10-11-9-5)6(12)4-8-2/h6,8,12H,3-4H2,1-2H3,(H,9,10,11). The molecule has 0 aliphatic heterocycles. The van der Waals surface area contributed by atoms with Crippen molar-refractivity contribution in [2.45, 2.75) is 19.4 Å². The molecule has 1 atom stereocenters. The Morgan fingerprint density at radius 2 is 2.33 bits per heavy atom. The summed E-state index contributed by atoms with van der Waals surface area (Å²) in [5.74, 6) is 0. The molecule has 3 N–H and O–H groups in total. The molecular weight excluding hydrogens is 156 g/mol. The van der Waals surface area contributed by atoms with E-state index in [9.17, 15) is 5.11 Å². The van der Waals surface area contributed by atoms with E-state index in [1.165, 1.54) is 0 Å². The van der Waals surface area contributed by atoms with Crippen molar-refractivity contribution >= 4 is 0 Å². The van der Waals surface area contributed by atoms with Gasteiger partial charge in [-0.15, -0.1) is 0 Å². The highest BCUT2D eigenvalue weighted by atomic mass is 16.3. The van der Waals surface area contributed by atoms with Crippen molar-refractivity contribution in [3.05, 3.63) is 11.4 Å². The van der Waals surface area contributed by atoms with Crippen LogP contribution in [0, 0.1) is 0 Å². The highest BCUT2D eigenvalue weighted by Gasteiger charge is 2.14. The number of aliphatic hydroxyl groups excluding tert-OH is 1. The molecule has 1 rings (SSSR count). The minimum absolute atomic E-state index is 0.500. The fraction of sp³-hybridized carbons (Fsp3) is 0.714. The van der Waals surface area contributed by atoms with Gasteiger partial charge < -0.3 is 10.4 Å². The van der Waals surface area contributed by atoms with E-state index >= 15 is 0 Å². The molecule has 0 aliphatic rings. The van der Waals surface area contributed by atoms with Gasteiger partial charge in [0.2, 0.25) is 0 Å². The number of hydrogen-bond acceptors (Lipinski definition) is 4. The summed E-state index contributed by atoms with van der Waals surface area (Å²) in [7, 11) is 1.79. The Bertz CT molecular complexity index is 235. The third-order valence-electron chi connectivity index (χ3n) is 1.70. The van der Waals surface area contributed by atoms with Crippen molar-refractivity contribution in [3.63, 3.8) is 0 Å². The molecule has 0 saturated carbocycles. The molecule has 0 amide bonds. The number of aromatic nitrogens is 3. The van der Waals surface area contributed by atoms with E-state index in [1.807, 2.05) is 6.92 Å². The van der Waals surface area contributed by atoms with Gasteiger partial charge in [-0.2, -0.15) is 15.4 Å². The molecule has 12 heavy (non-hydrogen) atoms. The predicted molar refractivity (Wildman–Crippen MR) is 44.6 cm³/mol. The molecule has 0 fully saturated rings. The zero-order valence-electron chi connectivity index (χ0n) is 7.33. The minimum Gasteiger partial charge on any atom is -0.385 e. The molecular formula is C7H14N4O.